The zero-order chi connectivity index (χ0) is 19.2. The molecule has 1 atom stereocenters. The Labute approximate surface area is 162 Å². The predicted octanol–water partition coefficient (Wildman–Crippen LogP) is 3.76. The summed E-state index contributed by atoms with van der Waals surface area (Å²) in [6, 6.07) is 27.2. The van der Waals surface area contributed by atoms with Crippen LogP contribution in [0.3, 0.4) is 0 Å². The highest BCUT2D eigenvalue weighted by atomic mass is 16.2. The number of nitrogens with zero attached hydrogens (tertiary/aromatic N) is 4. The van der Waals surface area contributed by atoms with E-state index >= 15 is 0 Å². The number of nitrogens with one attached hydrogen (secondary N) is 1. The van der Waals surface area contributed by atoms with Gasteiger partial charge in [0.1, 0.15) is 12.4 Å². The Bertz CT molecular complexity index is 1020. The molecule has 0 fully saturated rings. The van der Waals surface area contributed by atoms with E-state index in [1.807, 2.05) is 72.8 Å². The minimum absolute atomic E-state index is 0.163. The Kier molecular flexibility index (Phi) is 5.20. The molecule has 0 spiro atoms. The molecule has 138 valence electrons. The van der Waals surface area contributed by atoms with Crippen molar-refractivity contribution < 1.29 is 4.79 Å². The first-order valence-electron chi connectivity index (χ1n) is 9.02. The van der Waals surface area contributed by atoms with Gasteiger partial charge in [0, 0.05) is 12.1 Å². The summed E-state index contributed by atoms with van der Waals surface area (Å²) in [5, 5.41) is 14.2. The number of carbonyl (C=O) groups is 1. The lowest BCUT2D eigenvalue weighted by molar-refractivity contribution is -0.119. The van der Waals surface area contributed by atoms with Crippen molar-refractivity contribution >= 4 is 11.6 Å². The third-order valence-electron chi connectivity index (χ3n) is 4.52. The maximum Gasteiger partial charge on any atom is 0.249 e. The Morgan fingerprint density at radius 1 is 0.857 bits per heavy atom. The SMILES string of the molecule is O=C(Nc1ccc(-c2ccccc2)cc1)[C@@H](Cc1ccccc1)n1cnnn1. The van der Waals surface area contributed by atoms with Crippen molar-refractivity contribution in [1.29, 1.82) is 0 Å². The lowest BCUT2D eigenvalue weighted by Crippen LogP contribution is -2.28. The van der Waals surface area contributed by atoms with Crippen LogP contribution in [0.1, 0.15) is 11.6 Å². The number of benzene rings is 3. The van der Waals surface area contributed by atoms with Crippen molar-refractivity contribution in [2.75, 3.05) is 5.32 Å². The van der Waals surface area contributed by atoms with Crippen molar-refractivity contribution in [2.45, 2.75) is 12.5 Å². The number of hydrogen-bond donors (Lipinski definition) is 1. The fourth-order valence-corrected chi connectivity index (χ4v) is 3.06. The molecule has 0 saturated carbocycles. The van der Waals surface area contributed by atoms with Gasteiger partial charge in [-0.15, -0.1) is 5.10 Å². The van der Waals surface area contributed by atoms with Crippen LogP contribution in [0.15, 0.2) is 91.3 Å². The molecule has 0 aliphatic rings. The summed E-state index contributed by atoms with van der Waals surface area (Å²) in [7, 11) is 0. The largest absolute Gasteiger partial charge is 0.324 e. The third-order valence-corrected chi connectivity index (χ3v) is 4.52. The van der Waals surface area contributed by atoms with Crippen LogP contribution in [0.5, 0.6) is 0 Å². The number of anilines is 1. The van der Waals surface area contributed by atoms with E-state index in [2.05, 4.69) is 33.0 Å². The summed E-state index contributed by atoms with van der Waals surface area (Å²) in [5.41, 5.74) is 4.00. The Hall–Kier alpha value is -3.80. The molecule has 0 saturated heterocycles. The molecule has 6 nitrogen and oxygen atoms in total. The van der Waals surface area contributed by atoms with Gasteiger partial charge in [0.05, 0.1) is 0 Å². The normalized spacial score (nSPS) is 11.7. The fourth-order valence-electron chi connectivity index (χ4n) is 3.06. The van der Waals surface area contributed by atoms with Gasteiger partial charge < -0.3 is 5.32 Å². The first kappa shape index (κ1) is 17.6. The van der Waals surface area contributed by atoms with Crippen molar-refractivity contribution in [3.8, 4) is 11.1 Å². The lowest BCUT2D eigenvalue weighted by atomic mass is 10.0. The average Bonchev–Trinajstić information content (AvgIpc) is 3.28. The van der Waals surface area contributed by atoms with E-state index < -0.39 is 6.04 Å². The molecule has 0 aliphatic heterocycles. The average molecular weight is 369 g/mol. The third kappa shape index (κ3) is 4.12. The van der Waals surface area contributed by atoms with Gasteiger partial charge in [-0.05, 0) is 39.2 Å². The van der Waals surface area contributed by atoms with Crippen molar-refractivity contribution in [3.63, 3.8) is 0 Å². The first-order valence-corrected chi connectivity index (χ1v) is 9.02. The highest BCUT2D eigenvalue weighted by molar-refractivity contribution is 5.94. The molecule has 0 aliphatic carbocycles. The summed E-state index contributed by atoms with van der Waals surface area (Å²) < 4.78 is 1.49. The summed E-state index contributed by atoms with van der Waals surface area (Å²) in [4.78, 5) is 12.9. The molecule has 0 radical (unpaired) electrons. The van der Waals surface area contributed by atoms with Gasteiger partial charge in [-0.25, -0.2) is 4.68 Å². The number of rotatable bonds is 6. The van der Waals surface area contributed by atoms with E-state index in [1.165, 1.54) is 11.0 Å². The summed E-state index contributed by atoms with van der Waals surface area (Å²) in [5.74, 6) is -0.163. The van der Waals surface area contributed by atoms with Gasteiger partial charge in [0.25, 0.3) is 0 Å². The van der Waals surface area contributed by atoms with Gasteiger partial charge in [-0.3, -0.25) is 4.79 Å². The summed E-state index contributed by atoms with van der Waals surface area (Å²) in [6.07, 6.45) is 1.96. The monoisotopic (exact) mass is 369 g/mol. The Morgan fingerprint density at radius 3 is 2.14 bits per heavy atom. The van der Waals surface area contributed by atoms with Crippen LogP contribution in [-0.2, 0) is 11.2 Å². The minimum Gasteiger partial charge on any atom is -0.324 e. The predicted molar refractivity (Wildman–Crippen MR) is 108 cm³/mol. The van der Waals surface area contributed by atoms with Crippen LogP contribution in [0.25, 0.3) is 11.1 Å². The number of tetrazole rings is 1. The molecule has 0 unspecified atom stereocenters. The molecular formula is C22H19N5O. The van der Waals surface area contributed by atoms with Crippen LogP contribution in [0.2, 0.25) is 0 Å². The fraction of sp³-hybridized carbons (Fsp3) is 0.0909. The first-order chi connectivity index (χ1) is 13.8. The molecule has 1 amide bonds. The molecule has 1 aromatic heterocycles. The molecule has 4 aromatic rings. The van der Waals surface area contributed by atoms with Crippen LogP contribution in [0.4, 0.5) is 5.69 Å². The van der Waals surface area contributed by atoms with E-state index in [-0.39, 0.29) is 5.91 Å². The van der Waals surface area contributed by atoms with Gasteiger partial charge in [-0.2, -0.15) is 0 Å². The molecule has 1 N–H and O–H groups in total. The standard InChI is InChI=1S/C22H19N5O/c28-22(21(27-16-23-25-26-27)15-17-7-3-1-4-8-17)24-20-13-11-19(12-14-20)18-9-5-2-6-10-18/h1-14,16,21H,15H2,(H,24,28)/t21-/m1/s1. The van der Waals surface area contributed by atoms with Gasteiger partial charge in [-0.1, -0.05) is 72.8 Å². The quantitative estimate of drug-likeness (QED) is 0.562. The second-order valence-electron chi connectivity index (χ2n) is 6.43. The summed E-state index contributed by atoms with van der Waals surface area (Å²) >= 11 is 0. The van der Waals surface area contributed by atoms with E-state index in [1.54, 1.807) is 0 Å². The van der Waals surface area contributed by atoms with Crippen molar-refractivity contribution in [3.05, 3.63) is 96.8 Å². The second kappa shape index (κ2) is 8.26. The maximum absolute atomic E-state index is 12.9. The van der Waals surface area contributed by atoms with E-state index in [0.717, 1.165) is 22.4 Å². The number of aromatic nitrogens is 4. The molecule has 4 rings (SSSR count). The molecule has 1 heterocycles. The van der Waals surface area contributed by atoms with Gasteiger partial charge in [0.15, 0.2) is 0 Å². The Balaban J connectivity index is 1.51. The maximum atomic E-state index is 12.9. The van der Waals surface area contributed by atoms with Crippen molar-refractivity contribution in [1.82, 2.24) is 20.2 Å². The summed E-state index contributed by atoms with van der Waals surface area (Å²) in [6.45, 7) is 0. The molecule has 0 bridgehead atoms. The molecule has 3 aromatic carbocycles. The van der Waals surface area contributed by atoms with Crippen LogP contribution in [-0.4, -0.2) is 26.1 Å². The second-order valence-corrected chi connectivity index (χ2v) is 6.43. The number of amides is 1. The van der Waals surface area contributed by atoms with Crippen molar-refractivity contribution in [2.24, 2.45) is 0 Å². The number of carbonyl (C=O) groups excluding carboxylic acids is 1. The molecule has 6 heteroatoms. The number of hydrogen-bond acceptors (Lipinski definition) is 4. The van der Waals surface area contributed by atoms with E-state index in [4.69, 9.17) is 0 Å². The van der Waals surface area contributed by atoms with Gasteiger partial charge in [0.2, 0.25) is 5.91 Å². The highest BCUT2D eigenvalue weighted by Crippen LogP contribution is 2.22. The highest BCUT2D eigenvalue weighted by Gasteiger charge is 2.22. The lowest BCUT2D eigenvalue weighted by Gasteiger charge is -2.16. The van der Waals surface area contributed by atoms with E-state index in [0.29, 0.717) is 6.42 Å². The zero-order valence-electron chi connectivity index (χ0n) is 15.1. The molecule has 28 heavy (non-hydrogen) atoms. The zero-order valence-corrected chi connectivity index (χ0v) is 15.1. The van der Waals surface area contributed by atoms with Gasteiger partial charge >= 0.3 is 0 Å². The topological polar surface area (TPSA) is 72.7 Å². The molecular weight excluding hydrogens is 350 g/mol. The van der Waals surface area contributed by atoms with Crippen LogP contribution < -0.4 is 5.32 Å². The smallest absolute Gasteiger partial charge is 0.249 e. The van der Waals surface area contributed by atoms with E-state index in [9.17, 15) is 4.79 Å². The Morgan fingerprint density at radius 2 is 1.50 bits per heavy atom. The van der Waals surface area contributed by atoms with Crippen LogP contribution in [0, 0.1) is 0 Å². The van der Waals surface area contributed by atoms with Crippen LogP contribution >= 0.6 is 0 Å². The minimum atomic E-state index is -0.536.